The third-order valence-corrected chi connectivity index (χ3v) is 4.79. The standard InChI is InChI=1S/C17H23NO/c1-12-11-16(12)17(19)18-15-9-7-14(8-10-15)13-5-3-2-4-6-13/h2-6,12,14-16H,7-11H2,1H3,(H,18,19)/t12-,14?,15?,16-/m1/s1. The van der Waals surface area contributed by atoms with Gasteiger partial charge in [0.2, 0.25) is 5.91 Å². The molecule has 1 amide bonds. The zero-order chi connectivity index (χ0) is 13.2. The van der Waals surface area contributed by atoms with E-state index in [1.165, 1.54) is 18.4 Å². The molecule has 0 radical (unpaired) electrons. The van der Waals surface area contributed by atoms with E-state index >= 15 is 0 Å². The SMILES string of the molecule is C[C@@H]1C[C@H]1C(=O)NC1CCC(c2ccccc2)CC1. The molecule has 2 aliphatic rings. The fourth-order valence-electron chi connectivity index (χ4n) is 3.29. The van der Waals surface area contributed by atoms with Crippen LogP contribution in [0.4, 0.5) is 0 Å². The van der Waals surface area contributed by atoms with Crippen molar-refractivity contribution in [3.63, 3.8) is 0 Å². The highest BCUT2D eigenvalue weighted by atomic mass is 16.2. The first kappa shape index (κ1) is 12.7. The molecule has 0 heterocycles. The average molecular weight is 257 g/mol. The summed E-state index contributed by atoms with van der Waals surface area (Å²) in [6, 6.07) is 11.2. The number of carbonyl (C=O) groups excluding carboxylic acids is 1. The predicted octanol–water partition coefficient (Wildman–Crippen LogP) is 3.49. The van der Waals surface area contributed by atoms with E-state index in [0.29, 0.717) is 29.7 Å². The topological polar surface area (TPSA) is 29.1 Å². The summed E-state index contributed by atoms with van der Waals surface area (Å²) in [4.78, 5) is 11.9. The molecule has 2 heteroatoms. The number of amides is 1. The molecule has 1 aromatic rings. The number of hydrogen-bond donors (Lipinski definition) is 1. The summed E-state index contributed by atoms with van der Waals surface area (Å²) in [5.74, 6) is 1.91. The Morgan fingerprint density at radius 2 is 1.74 bits per heavy atom. The Hall–Kier alpha value is -1.31. The minimum absolute atomic E-state index is 0.302. The molecule has 3 rings (SSSR count). The van der Waals surface area contributed by atoms with Crippen LogP contribution in [0.15, 0.2) is 30.3 Å². The van der Waals surface area contributed by atoms with Gasteiger partial charge in [0.15, 0.2) is 0 Å². The summed E-state index contributed by atoms with van der Waals surface area (Å²) in [6.07, 6.45) is 5.76. The van der Waals surface area contributed by atoms with Crippen LogP contribution in [0.2, 0.25) is 0 Å². The molecule has 2 saturated carbocycles. The molecule has 1 aromatic carbocycles. The van der Waals surface area contributed by atoms with Gasteiger partial charge in [-0.2, -0.15) is 0 Å². The Morgan fingerprint density at radius 1 is 1.11 bits per heavy atom. The van der Waals surface area contributed by atoms with Crippen molar-refractivity contribution in [2.45, 2.75) is 51.0 Å². The van der Waals surface area contributed by atoms with Gasteiger partial charge >= 0.3 is 0 Å². The van der Waals surface area contributed by atoms with Crippen LogP contribution in [0.25, 0.3) is 0 Å². The van der Waals surface area contributed by atoms with E-state index in [0.717, 1.165) is 19.3 Å². The molecule has 0 aromatic heterocycles. The van der Waals surface area contributed by atoms with Crippen LogP contribution in [-0.2, 0) is 4.79 Å². The van der Waals surface area contributed by atoms with Crippen LogP contribution in [0.5, 0.6) is 0 Å². The monoisotopic (exact) mass is 257 g/mol. The van der Waals surface area contributed by atoms with Crippen LogP contribution in [0, 0.1) is 11.8 Å². The number of benzene rings is 1. The largest absolute Gasteiger partial charge is 0.353 e. The summed E-state index contributed by atoms with van der Waals surface area (Å²) < 4.78 is 0. The number of nitrogens with one attached hydrogen (secondary N) is 1. The third-order valence-electron chi connectivity index (χ3n) is 4.79. The van der Waals surface area contributed by atoms with Gasteiger partial charge < -0.3 is 5.32 Å². The van der Waals surface area contributed by atoms with Crippen molar-refractivity contribution in [3.8, 4) is 0 Å². The van der Waals surface area contributed by atoms with Crippen LogP contribution < -0.4 is 5.32 Å². The van der Waals surface area contributed by atoms with Gasteiger partial charge in [-0.15, -0.1) is 0 Å². The molecule has 0 spiro atoms. The first-order valence-corrected chi connectivity index (χ1v) is 7.59. The Kier molecular flexibility index (Phi) is 3.58. The van der Waals surface area contributed by atoms with E-state index in [2.05, 4.69) is 42.6 Å². The molecule has 0 unspecified atom stereocenters. The zero-order valence-electron chi connectivity index (χ0n) is 11.6. The molecule has 102 valence electrons. The second-order valence-corrected chi connectivity index (χ2v) is 6.29. The van der Waals surface area contributed by atoms with E-state index in [4.69, 9.17) is 0 Å². The Bertz CT molecular complexity index is 434. The number of carbonyl (C=O) groups is 1. The highest BCUT2D eigenvalue weighted by Gasteiger charge is 2.39. The number of hydrogen-bond acceptors (Lipinski definition) is 1. The minimum atomic E-state index is 0.302. The molecule has 2 aliphatic carbocycles. The predicted molar refractivity (Wildman–Crippen MR) is 76.9 cm³/mol. The number of rotatable bonds is 3. The highest BCUT2D eigenvalue weighted by Crippen LogP contribution is 2.38. The molecular weight excluding hydrogens is 234 g/mol. The maximum Gasteiger partial charge on any atom is 0.223 e. The van der Waals surface area contributed by atoms with E-state index in [-0.39, 0.29) is 0 Å². The summed E-state index contributed by atoms with van der Waals surface area (Å²) in [5, 5.41) is 3.24. The van der Waals surface area contributed by atoms with Gasteiger partial charge in [0.1, 0.15) is 0 Å². The molecule has 1 N–H and O–H groups in total. The van der Waals surface area contributed by atoms with Crippen molar-refractivity contribution in [1.29, 1.82) is 0 Å². The van der Waals surface area contributed by atoms with Gasteiger partial charge in [-0.3, -0.25) is 4.79 Å². The summed E-state index contributed by atoms with van der Waals surface area (Å²) in [5.41, 5.74) is 1.46. The molecule has 0 aliphatic heterocycles. The first-order chi connectivity index (χ1) is 9.24. The quantitative estimate of drug-likeness (QED) is 0.882. The van der Waals surface area contributed by atoms with Crippen molar-refractivity contribution < 1.29 is 4.79 Å². The van der Waals surface area contributed by atoms with Crippen LogP contribution in [0.1, 0.15) is 50.5 Å². The van der Waals surface area contributed by atoms with Crippen molar-refractivity contribution in [2.24, 2.45) is 11.8 Å². The van der Waals surface area contributed by atoms with Crippen molar-refractivity contribution >= 4 is 5.91 Å². The van der Waals surface area contributed by atoms with E-state index in [1.807, 2.05) is 0 Å². The van der Waals surface area contributed by atoms with E-state index < -0.39 is 0 Å². The Morgan fingerprint density at radius 3 is 2.32 bits per heavy atom. The second kappa shape index (κ2) is 5.36. The molecule has 0 bridgehead atoms. The van der Waals surface area contributed by atoms with Gasteiger partial charge in [0, 0.05) is 12.0 Å². The highest BCUT2D eigenvalue weighted by molar-refractivity contribution is 5.81. The summed E-state index contributed by atoms with van der Waals surface area (Å²) in [6.45, 7) is 2.16. The Balaban J connectivity index is 1.48. The van der Waals surface area contributed by atoms with Gasteiger partial charge in [-0.1, -0.05) is 37.3 Å². The van der Waals surface area contributed by atoms with Gasteiger partial charge in [-0.25, -0.2) is 0 Å². The molecule has 2 atom stereocenters. The zero-order valence-corrected chi connectivity index (χ0v) is 11.6. The van der Waals surface area contributed by atoms with Crippen LogP contribution >= 0.6 is 0 Å². The van der Waals surface area contributed by atoms with Gasteiger partial charge in [-0.05, 0) is 49.5 Å². The fourth-order valence-corrected chi connectivity index (χ4v) is 3.29. The van der Waals surface area contributed by atoms with Crippen LogP contribution in [-0.4, -0.2) is 11.9 Å². The average Bonchev–Trinajstić information content (AvgIpc) is 3.18. The van der Waals surface area contributed by atoms with Crippen molar-refractivity contribution in [1.82, 2.24) is 5.32 Å². The van der Waals surface area contributed by atoms with Gasteiger partial charge in [0.25, 0.3) is 0 Å². The van der Waals surface area contributed by atoms with Gasteiger partial charge in [0.05, 0.1) is 0 Å². The van der Waals surface area contributed by atoms with E-state index in [9.17, 15) is 4.79 Å². The normalized spacial score (nSPS) is 33.7. The third kappa shape index (κ3) is 2.99. The Labute approximate surface area is 115 Å². The second-order valence-electron chi connectivity index (χ2n) is 6.29. The minimum Gasteiger partial charge on any atom is -0.353 e. The van der Waals surface area contributed by atoms with E-state index in [1.54, 1.807) is 0 Å². The molecule has 2 nitrogen and oxygen atoms in total. The van der Waals surface area contributed by atoms with Crippen molar-refractivity contribution in [2.75, 3.05) is 0 Å². The lowest BCUT2D eigenvalue weighted by Gasteiger charge is -2.29. The molecule has 2 fully saturated rings. The molecule has 0 saturated heterocycles. The van der Waals surface area contributed by atoms with Crippen molar-refractivity contribution in [3.05, 3.63) is 35.9 Å². The van der Waals surface area contributed by atoms with Crippen LogP contribution in [0.3, 0.4) is 0 Å². The maximum absolute atomic E-state index is 11.9. The molecule has 19 heavy (non-hydrogen) atoms. The molecular formula is C17H23NO. The summed E-state index contributed by atoms with van der Waals surface area (Å²) in [7, 11) is 0. The maximum atomic E-state index is 11.9. The summed E-state index contributed by atoms with van der Waals surface area (Å²) >= 11 is 0. The first-order valence-electron chi connectivity index (χ1n) is 7.59. The lowest BCUT2D eigenvalue weighted by Crippen LogP contribution is -2.38. The fraction of sp³-hybridized carbons (Fsp3) is 0.588. The smallest absolute Gasteiger partial charge is 0.223 e. The lowest BCUT2D eigenvalue weighted by atomic mass is 9.82. The lowest BCUT2D eigenvalue weighted by molar-refractivity contribution is -0.123.